The molecule has 0 saturated carbocycles. The number of aldehydes is 1. The molecule has 0 aromatic rings. The number of hydrogen-bond donors (Lipinski definition) is 0. The molecule has 2 heteroatoms. The fourth-order valence-corrected chi connectivity index (χ4v) is 0.697. The maximum absolute atomic E-state index is 9.72. The molecule has 0 aliphatic carbocycles. The van der Waals surface area contributed by atoms with Gasteiger partial charge in [-0.05, 0) is 25.3 Å². The van der Waals surface area contributed by atoms with Crippen LogP contribution in [-0.2, 0) is 4.79 Å². The number of alkyl halides is 1. The normalized spacial score (nSPS) is 10.3. The van der Waals surface area contributed by atoms with E-state index in [4.69, 9.17) is 11.6 Å². The van der Waals surface area contributed by atoms with Gasteiger partial charge in [-0.3, -0.25) is 4.79 Å². The van der Waals surface area contributed by atoms with Crippen LogP contribution < -0.4 is 0 Å². The van der Waals surface area contributed by atoms with E-state index in [9.17, 15) is 4.79 Å². The van der Waals surface area contributed by atoms with Crippen LogP contribution in [0.1, 0.15) is 19.3 Å². The van der Waals surface area contributed by atoms with Crippen LogP contribution in [0.5, 0.6) is 0 Å². The van der Waals surface area contributed by atoms with Crippen LogP contribution in [0.4, 0.5) is 0 Å². The number of halogens is 1. The average molecular weight is 147 g/mol. The molecule has 0 fully saturated rings. The van der Waals surface area contributed by atoms with Gasteiger partial charge in [-0.15, -0.1) is 11.6 Å². The van der Waals surface area contributed by atoms with Crippen molar-refractivity contribution < 1.29 is 4.79 Å². The van der Waals surface area contributed by atoms with Gasteiger partial charge in [0.05, 0.1) is 0 Å². The summed E-state index contributed by atoms with van der Waals surface area (Å²) in [6.07, 6.45) is 7.25. The molecular weight excluding hydrogens is 136 g/mol. The molecule has 0 aliphatic heterocycles. The van der Waals surface area contributed by atoms with Crippen molar-refractivity contribution in [2.45, 2.75) is 19.3 Å². The van der Waals surface area contributed by atoms with Crippen molar-refractivity contribution in [1.82, 2.24) is 0 Å². The summed E-state index contributed by atoms with van der Waals surface area (Å²) in [5.41, 5.74) is 0. The van der Waals surface area contributed by atoms with Gasteiger partial charge >= 0.3 is 0 Å². The standard InChI is InChI=1S/C7H11ClO/c8-6-4-2-1-3-5-7-9/h3,5,7H,1-2,4,6H2/b5-3-. The third-order valence-electron chi connectivity index (χ3n) is 0.969. The Bertz CT molecular complexity index is 88.9. The van der Waals surface area contributed by atoms with E-state index in [1.165, 1.54) is 6.08 Å². The summed E-state index contributed by atoms with van der Waals surface area (Å²) in [7, 11) is 0. The molecule has 0 atom stereocenters. The third-order valence-corrected chi connectivity index (χ3v) is 1.24. The average Bonchev–Trinajstić information content (AvgIpc) is 1.89. The first-order chi connectivity index (χ1) is 4.41. The number of unbranched alkanes of at least 4 members (excludes halogenated alkanes) is 2. The number of carbonyl (C=O) groups is 1. The summed E-state index contributed by atoms with van der Waals surface area (Å²) >= 11 is 5.42. The molecule has 0 amide bonds. The van der Waals surface area contributed by atoms with Crippen molar-refractivity contribution in [1.29, 1.82) is 0 Å². The van der Waals surface area contributed by atoms with Gasteiger partial charge in [-0.25, -0.2) is 0 Å². The second-order valence-corrected chi connectivity index (χ2v) is 2.13. The van der Waals surface area contributed by atoms with E-state index in [0.717, 1.165) is 31.4 Å². The Balaban J connectivity index is 2.90. The highest BCUT2D eigenvalue weighted by molar-refractivity contribution is 6.17. The van der Waals surface area contributed by atoms with Gasteiger partial charge in [0.1, 0.15) is 6.29 Å². The van der Waals surface area contributed by atoms with Crippen molar-refractivity contribution in [2.75, 3.05) is 5.88 Å². The molecular formula is C7H11ClO. The molecule has 0 aliphatic rings. The number of allylic oxidation sites excluding steroid dienone is 2. The van der Waals surface area contributed by atoms with Crippen molar-refractivity contribution in [3.05, 3.63) is 12.2 Å². The van der Waals surface area contributed by atoms with E-state index >= 15 is 0 Å². The topological polar surface area (TPSA) is 17.1 Å². The van der Waals surface area contributed by atoms with E-state index in [0.29, 0.717) is 0 Å². The lowest BCUT2D eigenvalue weighted by Crippen LogP contribution is -1.73. The Morgan fingerprint density at radius 1 is 1.33 bits per heavy atom. The quantitative estimate of drug-likeness (QED) is 0.251. The Hall–Kier alpha value is -0.300. The van der Waals surface area contributed by atoms with Crippen LogP contribution in [0.2, 0.25) is 0 Å². The fourth-order valence-electron chi connectivity index (χ4n) is 0.508. The van der Waals surface area contributed by atoms with E-state index in [1.807, 2.05) is 6.08 Å². The first-order valence-corrected chi connectivity index (χ1v) is 3.61. The Labute approximate surface area is 60.7 Å². The molecule has 52 valence electrons. The number of hydrogen-bond acceptors (Lipinski definition) is 1. The van der Waals surface area contributed by atoms with E-state index in [-0.39, 0.29) is 0 Å². The summed E-state index contributed by atoms with van der Waals surface area (Å²) in [4.78, 5) is 9.72. The summed E-state index contributed by atoms with van der Waals surface area (Å²) in [5.74, 6) is 0.717. The molecule has 0 bridgehead atoms. The highest BCUT2D eigenvalue weighted by Crippen LogP contribution is 1.96. The van der Waals surface area contributed by atoms with Crippen LogP contribution >= 0.6 is 11.6 Å². The van der Waals surface area contributed by atoms with Gasteiger partial charge in [0.25, 0.3) is 0 Å². The maximum Gasteiger partial charge on any atom is 0.142 e. The highest BCUT2D eigenvalue weighted by atomic mass is 35.5. The monoisotopic (exact) mass is 146 g/mol. The minimum atomic E-state index is 0.717. The summed E-state index contributed by atoms with van der Waals surface area (Å²) in [6.45, 7) is 0. The SMILES string of the molecule is O=C/C=C\CCCCCl. The predicted octanol–water partition coefficient (Wildman–Crippen LogP) is 2.15. The Morgan fingerprint density at radius 2 is 2.11 bits per heavy atom. The molecule has 1 nitrogen and oxygen atoms in total. The first kappa shape index (κ1) is 8.70. The Kier molecular flexibility index (Phi) is 7.44. The largest absolute Gasteiger partial charge is 0.299 e. The van der Waals surface area contributed by atoms with Crippen LogP contribution in [0.25, 0.3) is 0 Å². The number of rotatable bonds is 5. The zero-order chi connectivity index (χ0) is 6.95. The van der Waals surface area contributed by atoms with Gasteiger partial charge in [0.2, 0.25) is 0 Å². The van der Waals surface area contributed by atoms with Gasteiger partial charge in [-0.1, -0.05) is 6.08 Å². The molecule has 0 N–H and O–H groups in total. The van der Waals surface area contributed by atoms with Crippen LogP contribution in [0.3, 0.4) is 0 Å². The second kappa shape index (κ2) is 7.70. The molecule has 0 aromatic carbocycles. The molecule has 0 saturated heterocycles. The molecule has 0 rings (SSSR count). The minimum Gasteiger partial charge on any atom is -0.299 e. The summed E-state index contributed by atoms with van der Waals surface area (Å²) < 4.78 is 0. The lowest BCUT2D eigenvalue weighted by atomic mass is 10.2. The Morgan fingerprint density at radius 3 is 2.67 bits per heavy atom. The molecule has 9 heavy (non-hydrogen) atoms. The maximum atomic E-state index is 9.72. The van der Waals surface area contributed by atoms with Gasteiger partial charge in [-0.2, -0.15) is 0 Å². The molecule has 0 heterocycles. The lowest BCUT2D eigenvalue weighted by molar-refractivity contribution is -0.104. The highest BCUT2D eigenvalue weighted by Gasteiger charge is 1.80. The van der Waals surface area contributed by atoms with Crippen LogP contribution in [-0.4, -0.2) is 12.2 Å². The van der Waals surface area contributed by atoms with E-state index < -0.39 is 0 Å². The van der Waals surface area contributed by atoms with Crippen molar-refractivity contribution >= 4 is 17.9 Å². The fraction of sp³-hybridized carbons (Fsp3) is 0.571. The smallest absolute Gasteiger partial charge is 0.142 e. The van der Waals surface area contributed by atoms with Gasteiger partial charge in [0.15, 0.2) is 0 Å². The molecule has 0 unspecified atom stereocenters. The summed E-state index contributed by atoms with van der Waals surface area (Å²) in [6, 6.07) is 0. The third kappa shape index (κ3) is 7.70. The van der Waals surface area contributed by atoms with E-state index in [1.54, 1.807) is 0 Å². The van der Waals surface area contributed by atoms with Crippen molar-refractivity contribution in [3.63, 3.8) is 0 Å². The number of carbonyl (C=O) groups excluding carboxylic acids is 1. The zero-order valence-electron chi connectivity index (χ0n) is 5.35. The minimum absolute atomic E-state index is 0.717. The molecule has 0 spiro atoms. The van der Waals surface area contributed by atoms with Gasteiger partial charge < -0.3 is 0 Å². The molecule has 0 aromatic heterocycles. The van der Waals surface area contributed by atoms with Crippen LogP contribution in [0.15, 0.2) is 12.2 Å². The molecule has 0 radical (unpaired) electrons. The van der Waals surface area contributed by atoms with Crippen molar-refractivity contribution in [2.24, 2.45) is 0 Å². The first-order valence-electron chi connectivity index (χ1n) is 3.08. The summed E-state index contributed by atoms with van der Waals surface area (Å²) in [5, 5.41) is 0. The second-order valence-electron chi connectivity index (χ2n) is 1.75. The van der Waals surface area contributed by atoms with Gasteiger partial charge in [0, 0.05) is 5.88 Å². The van der Waals surface area contributed by atoms with E-state index in [2.05, 4.69) is 0 Å². The van der Waals surface area contributed by atoms with Crippen LogP contribution in [0, 0.1) is 0 Å². The predicted molar refractivity (Wildman–Crippen MR) is 39.8 cm³/mol. The lowest BCUT2D eigenvalue weighted by Gasteiger charge is -1.87. The zero-order valence-corrected chi connectivity index (χ0v) is 6.10. The van der Waals surface area contributed by atoms with Crippen molar-refractivity contribution in [3.8, 4) is 0 Å².